The number of rotatable bonds is 4. The fraction of sp³-hybridized carbons (Fsp3) is 0.125. The van der Waals surface area contributed by atoms with Gasteiger partial charge in [-0.3, -0.25) is 4.79 Å². The third kappa shape index (κ3) is 6.30. The number of carboxylic acids is 1. The van der Waals surface area contributed by atoms with Crippen molar-refractivity contribution in [1.29, 1.82) is 0 Å². The average molecular weight is 312 g/mol. The first-order valence-corrected chi connectivity index (χ1v) is 6.09. The Bertz CT molecular complexity index is 575. The zero-order chi connectivity index (χ0) is 15.7. The van der Waals surface area contributed by atoms with Crippen molar-refractivity contribution in [2.75, 3.05) is 14.2 Å². The molecule has 0 aliphatic carbocycles. The van der Waals surface area contributed by atoms with Crippen molar-refractivity contribution in [3.05, 3.63) is 60.2 Å². The molecule has 0 aliphatic heterocycles. The number of methoxy groups -OCH3 is 2. The summed E-state index contributed by atoms with van der Waals surface area (Å²) in [6.45, 7) is 0. The van der Waals surface area contributed by atoms with Crippen molar-refractivity contribution >= 4 is 41.3 Å². The van der Waals surface area contributed by atoms with Gasteiger partial charge in [0.25, 0.3) is 5.78 Å². The van der Waals surface area contributed by atoms with Gasteiger partial charge in [-0.25, -0.2) is 4.79 Å². The van der Waals surface area contributed by atoms with E-state index in [1.54, 1.807) is 32.4 Å². The zero-order valence-electron chi connectivity index (χ0n) is 11.8. The second-order valence-corrected chi connectivity index (χ2v) is 3.86. The van der Waals surface area contributed by atoms with Crippen molar-refractivity contribution in [1.82, 2.24) is 0 Å². The molecule has 0 spiro atoms. The van der Waals surface area contributed by atoms with Crippen LogP contribution in [0.4, 0.5) is 0 Å². The summed E-state index contributed by atoms with van der Waals surface area (Å²) in [6, 6.07) is 15.4. The summed E-state index contributed by atoms with van der Waals surface area (Å²) in [5, 5.41) is 8.29. The van der Waals surface area contributed by atoms with Gasteiger partial charge in [0.15, 0.2) is 11.5 Å². The number of ketones is 1. The second kappa shape index (κ2) is 10.8. The molecular formula is C16H17NaO5. The Morgan fingerprint density at radius 3 is 1.59 bits per heavy atom. The Hall–Kier alpha value is -1.82. The number of benzene rings is 2. The predicted octanol–water partition coefficient (Wildman–Crippen LogP) is 2.01. The summed E-state index contributed by atoms with van der Waals surface area (Å²) >= 11 is 0. The molecule has 0 saturated carbocycles. The monoisotopic (exact) mass is 312 g/mol. The van der Waals surface area contributed by atoms with Crippen LogP contribution in [0.3, 0.4) is 0 Å². The van der Waals surface area contributed by atoms with Crippen LogP contribution in [0.1, 0.15) is 10.4 Å². The van der Waals surface area contributed by atoms with E-state index in [2.05, 4.69) is 0 Å². The van der Waals surface area contributed by atoms with E-state index in [0.717, 1.165) is 11.5 Å². The van der Waals surface area contributed by atoms with Gasteiger partial charge in [-0.05, 0) is 12.1 Å². The van der Waals surface area contributed by atoms with Crippen molar-refractivity contribution in [3.8, 4) is 11.5 Å². The number of carbonyl (C=O) groups excluding carboxylic acids is 1. The molecule has 2 aromatic rings. The predicted molar refractivity (Wildman–Crippen MR) is 85.1 cm³/mol. The maximum atomic E-state index is 10.7. The average Bonchev–Trinajstić information content (AvgIpc) is 2.55. The third-order valence-electron chi connectivity index (χ3n) is 2.52. The molecule has 0 saturated heterocycles. The van der Waals surface area contributed by atoms with Gasteiger partial charge < -0.3 is 14.6 Å². The molecule has 0 heterocycles. The summed E-state index contributed by atoms with van der Waals surface area (Å²) in [5.41, 5.74) is 0.208. The van der Waals surface area contributed by atoms with E-state index in [1.807, 2.05) is 24.3 Å². The fourth-order valence-electron chi connectivity index (χ4n) is 1.50. The van der Waals surface area contributed by atoms with Gasteiger partial charge in [-0.15, -0.1) is 0 Å². The first-order chi connectivity index (χ1) is 10.1. The van der Waals surface area contributed by atoms with Crippen LogP contribution in [0, 0.1) is 0 Å². The molecule has 0 radical (unpaired) electrons. The Balaban J connectivity index is 0.000000385. The number of hydrogen-bond donors (Lipinski definition) is 1. The van der Waals surface area contributed by atoms with E-state index < -0.39 is 11.8 Å². The van der Waals surface area contributed by atoms with E-state index in [-0.39, 0.29) is 35.1 Å². The number of Topliss-reactive ketones (excluding diaryl/α,β-unsaturated/α-hetero) is 1. The van der Waals surface area contributed by atoms with Gasteiger partial charge in [-0.1, -0.05) is 42.5 Å². The van der Waals surface area contributed by atoms with E-state index in [0.29, 0.717) is 0 Å². The Morgan fingerprint density at radius 1 is 0.818 bits per heavy atom. The van der Waals surface area contributed by atoms with Crippen LogP contribution < -0.4 is 9.47 Å². The molecule has 0 fully saturated rings. The zero-order valence-corrected chi connectivity index (χ0v) is 11.8. The van der Waals surface area contributed by atoms with Crippen molar-refractivity contribution in [3.63, 3.8) is 0 Å². The van der Waals surface area contributed by atoms with Crippen LogP contribution in [0.25, 0.3) is 0 Å². The normalized spacial score (nSPS) is 8.64. The molecule has 0 bridgehead atoms. The summed E-state index contributed by atoms with van der Waals surface area (Å²) < 4.78 is 10.0. The van der Waals surface area contributed by atoms with E-state index in [1.165, 1.54) is 12.1 Å². The van der Waals surface area contributed by atoms with Gasteiger partial charge in [-0.2, -0.15) is 0 Å². The molecule has 0 aromatic heterocycles. The Kier molecular flexibility index (Phi) is 9.95. The van der Waals surface area contributed by atoms with Gasteiger partial charge in [0, 0.05) is 5.56 Å². The molecule has 112 valence electrons. The molecule has 22 heavy (non-hydrogen) atoms. The molecule has 2 rings (SSSR count). The number of carbonyl (C=O) groups is 2. The van der Waals surface area contributed by atoms with Crippen LogP contribution in [0.2, 0.25) is 0 Å². The number of aliphatic carboxylic acids is 1. The first kappa shape index (κ1) is 20.2. The molecule has 2 aromatic carbocycles. The first-order valence-electron chi connectivity index (χ1n) is 6.09. The van der Waals surface area contributed by atoms with E-state index in [9.17, 15) is 9.59 Å². The van der Waals surface area contributed by atoms with Crippen LogP contribution in [-0.4, -0.2) is 60.6 Å². The number of para-hydroxylation sites is 2. The topological polar surface area (TPSA) is 72.8 Å². The van der Waals surface area contributed by atoms with Crippen LogP contribution in [0.15, 0.2) is 54.6 Å². The SMILES string of the molecule is COc1ccccc1OC.O=C(O)C(=O)c1ccccc1.[NaH]. The fourth-order valence-corrected chi connectivity index (χ4v) is 1.50. The van der Waals surface area contributed by atoms with E-state index >= 15 is 0 Å². The number of carboxylic acid groups (broad SMARTS) is 1. The molecule has 5 nitrogen and oxygen atoms in total. The minimum atomic E-state index is -1.42. The summed E-state index contributed by atoms with van der Waals surface area (Å²) in [6.07, 6.45) is 0. The Labute approximate surface area is 151 Å². The van der Waals surface area contributed by atoms with Gasteiger partial charge >= 0.3 is 35.5 Å². The molecule has 6 heteroatoms. The van der Waals surface area contributed by atoms with Crippen LogP contribution >= 0.6 is 0 Å². The van der Waals surface area contributed by atoms with Crippen LogP contribution in [-0.2, 0) is 4.79 Å². The van der Waals surface area contributed by atoms with Crippen molar-refractivity contribution in [2.24, 2.45) is 0 Å². The summed E-state index contributed by atoms with van der Waals surface area (Å²) in [4.78, 5) is 20.9. The van der Waals surface area contributed by atoms with Crippen molar-refractivity contribution < 1.29 is 24.2 Å². The Morgan fingerprint density at radius 2 is 1.23 bits per heavy atom. The summed E-state index contributed by atoms with van der Waals surface area (Å²) in [7, 11) is 3.25. The number of hydrogen-bond acceptors (Lipinski definition) is 4. The molecule has 1 N–H and O–H groups in total. The third-order valence-corrected chi connectivity index (χ3v) is 2.52. The molecule has 0 amide bonds. The maximum absolute atomic E-state index is 10.7. The van der Waals surface area contributed by atoms with Crippen molar-refractivity contribution in [2.45, 2.75) is 0 Å². The van der Waals surface area contributed by atoms with Gasteiger partial charge in [0.05, 0.1) is 14.2 Å². The molecule has 0 atom stereocenters. The van der Waals surface area contributed by atoms with Gasteiger partial charge in [0.2, 0.25) is 0 Å². The standard InChI is InChI=1S/C8H6O3.C8H10O2.Na.H/c9-7(8(10)11)6-4-2-1-3-5-6;1-9-7-5-3-4-6-8(7)10-2;;/h1-5H,(H,10,11);3-6H,1-2H3;;. The molecule has 0 unspecified atom stereocenters. The van der Waals surface area contributed by atoms with Crippen LogP contribution in [0.5, 0.6) is 11.5 Å². The van der Waals surface area contributed by atoms with E-state index in [4.69, 9.17) is 14.6 Å². The molecule has 0 aliphatic rings. The second-order valence-electron chi connectivity index (χ2n) is 3.86. The number of ether oxygens (including phenoxy) is 2. The molecular weight excluding hydrogens is 295 g/mol. The quantitative estimate of drug-likeness (QED) is 0.531. The van der Waals surface area contributed by atoms with Gasteiger partial charge in [0.1, 0.15) is 0 Å². The summed E-state index contributed by atoms with van der Waals surface area (Å²) in [5.74, 6) is -0.753. The minimum absolute atomic E-state index is 0.